The molecule has 7 heteroatoms. The van der Waals surface area contributed by atoms with E-state index in [2.05, 4.69) is 0 Å². The highest BCUT2D eigenvalue weighted by atomic mass is 32.2. The van der Waals surface area contributed by atoms with Crippen molar-refractivity contribution in [2.75, 3.05) is 12.8 Å². The number of benzene rings is 1. The molecule has 1 aliphatic rings. The Bertz CT molecular complexity index is 1080. The number of thiophene rings is 1. The third kappa shape index (κ3) is 2.75. The first-order chi connectivity index (χ1) is 12.5. The van der Waals surface area contributed by atoms with Crippen molar-refractivity contribution in [1.29, 1.82) is 0 Å². The standard InChI is InChI=1S/C19H19N3O2S2/c1-11-5-4-6-13(9-11)22-18(24)16-14-7-8-21(12(2)23)10-15(14)26-17(16)20-19(22)25-3/h4-6,9H,7-8,10H2,1-3H3. The molecule has 0 N–H and O–H groups in total. The van der Waals surface area contributed by atoms with Crippen LogP contribution in [0.2, 0.25) is 0 Å². The summed E-state index contributed by atoms with van der Waals surface area (Å²) >= 11 is 3.01. The van der Waals surface area contributed by atoms with Crippen molar-refractivity contribution in [3.05, 3.63) is 50.6 Å². The largest absolute Gasteiger partial charge is 0.337 e. The van der Waals surface area contributed by atoms with Gasteiger partial charge in [-0.2, -0.15) is 0 Å². The molecule has 134 valence electrons. The monoisotopic (exact) mass is 385 g/mol. The summed E-state index contributed by atoms with van der Waals surface area (Å²) in [6.45, 7) is 4.84. The Labute approximate surface area is 159 Å². The van der Waals surface area contributed by atoms with Crippen LogP contribution in [0.25, 0.3) is 15.9 Å². The summed E-state index contributed by atoms with van der Waals surface area (Å²) in [6, 6.07) is 7.92. The smallest absolute Gasteiger partial charge is 0.267 e. The lowest BCUT2D eigenvalue weighted by Crippen LogP contribution is -2.34. The number of aromatic nitrogens is 2. The van der Waals surface area contributed by atoms with Gasteiger partial charge in [0.2, 0.25) is 5.91 Å². The average molecular weight is 386 g/mol. The fraction of sp³-hybridized carbons (Fsp3) is 0.316. The minimum atomic E-state index is -0.0151. The van der Waals surface area contributed by atoms with Crippen LogP contribution in [0.1, 0.15) is 22.9 Å². The van der Waals surface area contributed by atoms with E-state index in [0.29, 0.717) is 30.1 Å². The molecule has 0 aliphatic carbocycles. The minimum Gasteiger partial charge on any atom is -0.337 e. The summed E-state index contributed by atoms with van der Waals surface area (Å²) in [6.07, 6.45) is 2.64. The molecular weight excluding hydrogens is 366 g/mol. The molecule has 0 spiro atoms. The van der Waals surface area contributed by atoms with Crippen molar-refractivity contribution < 1.29 is 4.79 Å². The number of rotatable bonds is 2. The Morgan fingerprint density at radius 1 is 1.35 bits per heavy atom. The Hall–Kier alpha value is -2.12. The first-order valence-corrected chi connectivity index (χ1v) is 10.5. The van der Waals surface area contributed by atoms with Crippen molar-refractivity contribution in [2.45, 2.75) is 32.0 Å². The van der Waals surface area contributed by atoms with Crippen LogP contribution in [-0.4, -0.2) is 33.2 Å². The normalized spacial score (nSPS) is 13.9. The van der Waals surface area contributed by atoms with Crippen LogP contribution >= 0.6 is 23.1 Å². The summed E-state index contributed by atoms with van der Waals surface area (Å²) in [7, 11) is 0. The molecule has 3 aromatic rings. The number of carbonyl (C=O) groups excluding carboxylic acids is 1. The Balaban J connectivity index is 1.96. The van der Waals surface area contributed by atoms with Crippen LogP contribution in [0.5, 0.6) is 0 Å². The number of aryl methyl sites for hydroxylation is 1. The molecular formula is C19H19N3O2S2. The highest BCUT2D eigenvalue weighted by molar-refractivity contribution is 7.98. The van der Waals surface area contributed by atoms with Gasteiger partial charge >= 0.3 is 0 Å². The Kier molecular flexibility index (Phi) is 4.36. The Morgan fingerprint density at radius 3 is 2.85 bits per heavy atom. The zero-order valence-electron chi connectivity index (χ0n) is 14.9. The average Bonchev–Trinajstić information content (AvgIpc) is 2.99. The number of hydrogen-bond donors (Lipinski definition) is 0. The molecule has 0 atom stereocenters. The van der Waals surface area contributed by atoms with Gasteiger partial charge in [-0.1, -0.05) is 23.9 Å². The van der Waals surface area contributed by atoms with E-state index in [1.165, 1.54) is 23.1 Å². The van der Waals surface area contributed by atoms with Crippen molar-refractivity contribution in [3.8, 4) is 5.69 Å². The molecule has 2 aromatic heterocycles. The quantitative estimate of drug-likeness (QED) is 0.501. The van der Waals surface area contributed by atoms with E-state index in [1.807, 2.05) is 42.3 Å². The van der Waals surface area contributed by atoms with Crippen LogP contribution in [0, 0.1) is 6.92 Å². The number of fused-ring (bicyclic) bond motifs is 3. The van der Waals surface area contributed by atoms with Gasteiger partial charge in [-0.15, -0.1) is 11.3 Å². The van der Waals surface area contributed by atoms with Gasteiger partial charge in [0.15, 0.2) is 5.16 Å². The highest BCUT2D eigenvalue weighted by Crippen LogP contribution is 2.34. The van der Waals surface area contributed by atoms with Gasteiger partial charge in [-0.3, -0.25) is 14.2 Å². The summed E-state index contributed by atoms with van der Waals surface area (Å²) in [5, 5.41) is 1.41. The molecule has 0 saturated heterocycles. The maximum atomic E-state index is 13.4. The number of thioether (sulfide) groups is 1. The van der Waals surface area contributed by atoms with E-state index < -0.39 is 0 Å². The van der Waals surface area contributed by atoms with E-state index in [0.717, 1.165) is 26.5 Å². The first-order valence-electron chi connectivity index (χ1n) is 8.43. The third-order valence-corrected chi connectivity index (χ3v) is 6.48. The molecule has 0 saturated carbocycles. The van der Waals surface area contributed by atoms with Crippen molar-refractivity contribution in [1.82, 2.24) is 14.5 Å². The zero-order chi connectivity index (χ0) is 18.4. The summed E-state index contributed by atoms with van der Waals surface area (Å²) in [5.74, 6) is 0.0723. The lowest BCUT2D eigenvalue weighted by Gasteiger charge is -2.25. The number of carbonyl (C=O) groups is 1. The van der Waals surface area contributed by atoms with E-state index in [-0.39, 0.29) is 11.5 Å². The van der Waals surface area contributed by atoms with Gasteiger partial charge in [0, 0.05) is 18.3 Å². The summed E-state index contributed by atoms with van der Waals surface area (Å²) in [4.78, 5) is 33.6. The molecule has 0 radical (unpaired) electrons. The second kappa shape index (κ2) is 6.55. The summed E-state index contributed by atoms with van der Waals surface area (Å²) < 4.78 is 1.71. The zero-order valence-corrected chi connectivity index (χ0v) is 16.5. The number of amides is 1. The SMILES string of the molecule is CSc1nc2sc3c(c2c(=O)n1-c1cccc(C)c1)CCN(C(C)=O)C3. The minimum absolute atomic E-state index is 0.0151. The molecule has 1 aromatic carbocycles. The second-order valence-electron chi connectivity index (χ2n) is 6.45. The third-order valence-electron chi connectivity index (χ3n) is 4.73. The molecule has 4 rings (SSSR count). The maximum Gasteiger partial charge on any atom is 0.267 e. The van der Waals surface area contributed by atoms with Gasteiger partial charge < -0.3 is 4.90 Å². The van der Waals surface area contributed by atoms with Crippen LogP contribution in [0.15, 0.2) is 34.2 Å². The van der Waals surface area contributed by atoms with Gasteiger partial charge in [0.05, 0.1) is 17.6 Å². The molecule has 26 heavy (non-hydrogen) atoms. The number of hydrogen-bond acceptors (Lipinski definition) is 5. The molecule has 3 heterocycles. The van der Waals surface area contributed by atoms with Gasteiger partial charge in [0.25, 0.3) is 5.56 Å². The molecule has 1 aliphatic heterocycles. The van der Waals surface area contributed by atoms with Crippen molar-refractivity contribution in [3.63, 3.8) is 0 Å². The van der Waals surface area contributed by atoms with E-state index in [9.17, 15) is 9.59 Å². The van der Waals surface area contributed by atoms with Crippen LogP contribution in [-0.2, 0) is 17.8 Å². The van der Waals surface area contributed by atoms with E-state index >= 15 is 0 Å². The van der Waals surface area contributed by atoms with Gasteiger partial charge in [-0.25, -0.2) is 4.98 Å². The Morgan fingerprint density at radius 2 is 2.15 bits per heavy atom. The van der Waals surface area contributed by atoms with Gasteiger partial charge in [0.1, 0.15) is 4.83 Å². The topological polar surface area (TPSA) is 55.2 Å². The predicted molar refractivity (Wildman–Crippen MR) is 107 cm³/mol. The van der Waals surface area contributed by atoms with E-state index in [1.54, 1.807) is 11.5 Å². The van der Waals surface area contributed by atoms with Crippen molar-refractivity contribution in [2.24, 2.45) is 0 Å². The summed E-state index contributed by atoms with van der Waals surface area (Å²) in [5.41, 5.74) is 2.99. The van der Waals surface area contributed by atoms with Crippen LogP contribution in [0.3, 0.4) is 0 Å². The predicted octanol–water partition coefficient (Wildman–Crippen LogP) is 3.38. The molecule has 0 fully saturated rings. The van der Waals surface area contributed by atoms with Crippen molar-refractivity contribution >= 4 is 39.2 Å². The van der Waals surface area contributed by atoms with Gasteiger partial charge in [-0.05, 0) is 42.9 Å². The molecule has 0 unspecified atom stereocenters. The number of nitrogens with zero attached hydrogens (tertiary/aromatic N) is 3. The van der Waals surface area contributed by atoms with E-state index in [4.69, 9.17) is 4.98 Å². The lowest BCUT2D eigenvalue weighted by atomic mass is 10.1. The first kappa shape index (κ1) is 17.3. The fourth-order valence-electron chi connectivity index (χ4n) is 3.42. The molecule has 5 nitrogen and oxygen atoms in total. The highest BCUT2D eigenvalue weighted by Gasteiger charge is 2.26. The second-order valence-corrected chi connectivity index (χ2v) is 8.31. The maximum absolute atomic E-state index is 13.4. The molecule has 0 bridgehead atoms. The molecule has 1 amide bonds. The van der Waals surface area contributed by atoms with Crippen LogP contribution < -0.4 is 5.56 Å². The fourth-order valence-corrected chi connectivity index (χ4v) is 5.26. The van der Waals surface area contributed by atoms with Crippen LogP contribution in [0.4, 0.5) is 0 Å². The lowest BCUT2D eigenvalue weighted by molar-refractivity contribution is -0.129.